The minimum atomic E-state index is -1.29. The van der Waals surface area contributed by atoms with Crippen molar-refractivity contribution in [2.75, 3.05) is 18.0 Å². The Kier molecular flexibility index (Phi) is 9.77. The Morgan fingerprint density at radius 3 is 2.50 bits per heavy atom. The third-order valence-electron chi connectivity index (χ3n) is 7.22. The summed E-state index contributed by atoms with van der Waals surface area (Å²) in [5.41, 5.74) is 12.4. The molecule has 232 valence electrons. The molecule has 44 heavy (non-hydrogen) atoms. The number of aliphatic carboxylic acids is 2. The van der Waals surface area contributed by atoms with E-state index in [2.05, 4.69) is 26.7 Å². The molecule has 15 nitrogen and oxygen atoms in total. The monoisotopic (exact) mass is 605 g/mol. The molecule has 1 aromatic carbocycles. The largest absolute Gasteiger partial charge is 0.481 e. The molecule has 4 heterocycles. The van der Waals surface area contributed by atoms with Crippen LogP contribution in [0.5, 0.6) is 0 Å². The van der Waals surface area contributed by atoms with Gasteiger partial charge >= 0.3 is 17.6 Å². The highest BCUT2D eigenvalue weighted by Crippen LogP contribution is 2.23. The van der Waals surface area contributed by atoms with Crippen LogP contribution in [-0.4, -0.2) is 76.0 Å². The predicted octanol–water partition coefficient (Wildman–Crippen LogP) is 0.0204. The van der Waals surface area contributed by atoms with E-state index in [1.54, 1.807) is 18.5 Å². The molecular weight excluding hydrogens is 570 g/mol. The molecule has 1 unspecified atom stereocenters. The number of aromatic nitrogens is 6. The topological polar surface area (TPSA) is 217 Å². The Morgan fingerprint density at radius 2 is 1.86 bits per heavy atom. The molecule has 0 amide bonds. The number of carbonyl (C=O) groups is 2. The van der Waals surface area contributed by atoms with E-state index in [-0.39, 0.29) is 19.1 Å². The number of piperidine rings is 1. The Morgan fingerprint density at radius 1 is 1.14 bits per heavy atom. The highest BCUT2D eigenvalue weighted by molar-refractivity contribution is 5.81. The van der Waals surface area contributed by atoms with E-state index in [0.29, 0.717) is 29.5 Å². The molecule has 6 N–H and O–H groups in total. The number of para-hydroxylation sites is 1. The lowest BCUT2D eigenvalue weighted by atomic mass is 10.1. The average Bonchev–Trinajstić information content (AvgIpc) is 3.37. The van der Waals surface area contributed by atoms with Crippen molar-refractivity contribution in [1.29, 1.82) is 0 Å². The number of aryl methyl sites for hydroxylation is 2. The van der Waals surface area contributed by atoms with Crippen molar-refractivity contribution in [3.8, 4) is 11.8 Å². The quantitative estimate of drug-likeness (QED) is 0.205. The van der Waals surface area contributed by atoms with Gasteiger partial charge in [-0.1, -0.05) is 24.1 Å². The standard InChI is InChI=1S/C25H28N8O2.C4H7NO4/c1-4-5-13-32-21-22(29-24(32)31-12-8-9-17(26)14-31)30(3)25(35)33(23(21)34)15-20-27-16(2)18-10-6-7-11-19(18)28-20;5-2(4(8)9)1-3(6)7/h6-7,10-11,17H,8-9,12-15,26H2,1-3H3;2H,1,5H2,(H,6,7)(H,8,9)/t17-;/m1./s1. The SMILES string of the molecule is CC#CCn1c(N2CCC[C@@H](N)C2)nc2c1c(=O)n(Cc1nc(C)c3ccccc3n1)c(=O)n2C.NC(CC(=O)O)C(=O)O. The van der Waals surface area contributed by atoms with Crippen LogP contribution in [0, 0.1) is 18.8 Å². The Balaban J connectivity index is 0.000000429. The molecule has 0 radical (unpaired) electrons. The molecule has 3 aromatic heterocycles. The van der Waals surface area contributed by atoms with Crippen LogP contribution in [0.25, 0.3) is 22.1 Å². The summed E-state index contributed by atoms with van der Waals surface area (Å²) in [6.45, 7) is 5.31. The second-order valence-corrected chi connectivity index (χ2v) is 10.5. The maximum atomic E-state index is 13.7. The van der Waals surface area contributed by atoms with Crippen LogP contribution in [-0.2, 0) is 29.7 Å². The number of hydrogen-bond acceptors (Lipinski definition) is 10. The van der Waals surface area contributed by atoms with Gasteiger partial charge in [-0.25, -0.2) is 14.8 Å². The molecule has 1 aliphatic rings. The van der Waals surface area contributed by atoms with E-state index < -0.39 is 35.7 Å². The van der Waals surface area contributed by atoms with Crippen LogP contribution in [0.15, 0.2) is 33.9 Å². The molecule has 5 rings (SSSR count). The number of rotatable bonds is 7. The number of hydrogen-bond donors (Lipinski definition) is 4. The van der Waals surface area contributed by atoms with Gasteiger partial charge in [0.05, 0.1) is 25.0 Å². The molecule has 0 bridgehead atoms. The number of benzene rings is 1. The number of nitrogens with two attached hydrogens (primary N) is 2. The molecule has 1 saturated heterocycles. The maximum absolute atomic E-state index is 13.7. The van der Waals surface area contributed by atoms with Crippen molar-refractivity contribution in [1.82, 2.24) is 28.7 Å². The highest BCUT2D eigenvalue weighted by Gasteiger charge is 2.26. The molecular formula is C29H35N9O6. The van der Waals surface area contributed by atoms with Crippen LogP contribution in [0.4, 0.5) is 5.95 Å². The summed E-state index contributed by atoms with van der Waals surface area (Å²) in [6, 6.07) is 6.42. The van der Waals surface area contributed by atoms with Gasteiger partial charge in [0, 0.05) is 37.3 Å². The molecule has 2 atom stereocenters. The summed E-state index contributed by atoms with van der Waals surface area (Å²) in [5.74, 6) is 4.46. The summed E-state index contributed by atoms with van der Waals surface area (Å²) in [6.07, 6.45) is 1.35. The normalized spacial score (nSPS) is 15.3. The molecule has 0 saturated carbocycles. The Labute approximate surface area is 251 Å². The van der Waals surface area contributed by atoms with Gasteiger partial charge in [0.1, 0.15) is 11.9 Å². The second kappa shape index (κ2) is 13.5. The van der Waals surface area contributed by atoms with Crippen LogP contribution in [0.2, 0.25) is 0 Å². The zero-order valence-corrected chi connectivity index (χ0v) is 24.7. The lowest BCUT2D eigenvalue weighted by Crippen LogP contribution is -2.44. The smallest absolute Gasteiger partial charge is 0.332 e. The number of fused-ring (bicyclic) bond motifs is 2. The fraction of sp³-hybridized carbons (Fsp3) is 0.414. The van der Waals surface area contributed by atoms with Crippen LogP contribution >= 0.6 is 0 Å². The van der Waals surface area contributed by atoms with E-state index in [4.69, 9.17) is 26.7 Å². The minimum absolute atomic E-state index is 0.0306. The number of nitrogens with zero attached hydrogens (tertiary/aromatic N) is 7. The van der Waals surface area contributed by atoms with Crippen LogP contribution in [0.1, 0.15) is 37.7 Å². The van der Waals surface area contributed by atoms with Gasteiger partial charge in [0.25, 0.3) is 5.56 Å². The van der Waals surface area contributed by atoms with Gasteiger partial charge in [-0.3, -0.25) is 28.1 Å². The van der Waals surface area contributed by atoms with Gasteiger partial charge < -0.3 is 26.6 Å². The summed E-state index contributed by atoms with van der Waals surface area (Å²) in [7, 11) is 1.63. The first-order valence-electron chi connectivity index (χ1n) is 14.0. The minimum Gasteiger partial charge on any atom is -0.481 e. The van der Waals surface area contributed by atoms with Crippen molar-refractivity contribution in [3.63, 3.8) is 0 Å². The highest BCUT2D eigenvalue weighted by atomic mass is 16.4. The molecule has 1 fully saturated rings. The molecule has 0 aliphatic carbocycles. The Bertz CT molecular complexity index is 1900. The van der Waals surface area contributed by atoms with Crippen molar-refractivity contribution < 1.29 is 19.8 Å². The van der Waals surface area contributed by atoms with E-state index in [1.807, 2.05) is 31.2 Å². The summed E-state index contributed by atoms with van der Waals surface area (Å²) < 4.78 is 4.39. The van der Waals surface area contributed by atoms with Crippen molar-refractivity contribution in [2.45, 2.75) is 58.3 Å². The predicted molar refractivity (Wildman–Crippen MR) is 163 cm³/mol. The van der Waals surface area contributed by atoms with Crippen molar-refractivity contribution in [3.05, 3.63) is 56.6 Å². The molecule has 0 spiro atoms. The maximum Gasteiger partial charge on any atom is 0.332 e. The zero-order chi connectivity index (χ0) is 32.1. The third-order valence-corrected chi connectivity index (χ3v) is 7.22. The summed E-state index contributed by atoms with van der Waals surface area (Å²) in [5, 5.41) is 17.0. The van der Waals surface area contributed by atoms with Crippen LogP contribution in [0.3, 0.4) is 0 Å². The van der Waals surface area contributed by atoms with Gasteiger partial charge in [-0.15, -0.1) is 5.92 Å². The summed E-state index contributed by atoms with van der Waals surface area (Å²) in [4.78, 5) is 62.6. The lowest BCUT2D eigenvalue weighted by Gasteiger charge is -2.31. The van der Waals surface area contributed by atoms with Gasteiger partial charge in [-0.05, 0) is 32.8 Å². The van der Waals surface area contributed by atoms with E-state index in [1.165, 1.54) is 9.13 Å². The molecule has 15 heteroatoms. The summed E-state index contributed by atoms with van der Waals surface area (Å²) >= 11 is 0. The lowest BCUT2D eigenvalue weighted by molar-refractivity contribution is -0.144. The Hall–Kier alpha value is -5.07. The second-order valence-electron chi connectivity index (χ2n) is 10.5. The third kappa shape index (κ3) is 6.77. The van der Waals surface area contributed by atoms with Crippen molar-refractivity contribution in [2.24, 2.45) is 18.5 Å². The van der Waals surface area contributed by atoms with E-state index >= 15 is 0 Å². The fourth-order valence-electron chi connectivity index (χ4n) is 5.02. The van der Waals surface area contributed by atoms with E-state index in [0.717, 1.165) is 36.0 Å². The first-order chi connectivity index (χ1) is 20.9. The number of carboxylic acids is 2. The van der Waals surface area contributed by atoms with Crippen LogP contribution < -0.4 is 27.6 Å². The van der Waals surface area contributed by atoms with Crippen molar-refractivity contribution >= 4 is 40.0 Å². The number of anilines is 1. The molecule has 4 aromatic rings. The van der Waals surface area contributed by atoms with E-state index in [9.17, 15) is 19.2 Å². The zero-order valence-electron chi connectivity index (χ0n) is 24.7. The first-order valence-corrected chi connectivity index (χ1v) is 14.0. The fourth-order valence-corrected chi connectivity index (χ4v) is 5.02. The van der Waals surface area contributed by atoms with Gasteiger partial charge in [0.2, 0.25) is 5.95 Å². The van der Waals surface area contributed by atoms with Gasteiger partial charge in [-0.2, -0.15) is 4.98 Å². The first kappa shape index (κ1) is 31.9. The number of imidazole rings is 1. The molecule has 1 aliphatic heterocycles. The average molecular weight is 606 g/mol. The number of carboxylic acid groups (broad SMARTS) is 2. The van der Waals surface area contributed by atoms with Gasteiger partial charge in [0.15, 0.2) is 11.2 Å².